The summed E-state index contributed by atoms with van der Waals surface area (Å²) in [7, 11) is 0. The number of benzene rings is 2. The third-order valence-corrected chi connectivity index (χ3v) is 4.17. The number of aromatic nitrogens is 1. The van der Waals surface area contributed by atoms with Gasteiger partial charge >= 0.3 is 0 Å². The Morgan fingerprint density at radius 2 is 1.95 bits per heavy atom. The third-order valence-electron chi connectivity index (χ3n) is 3.00. The average molecular weight is 305 g/mol. The summed E-state index contributed by atoms with van der Waals surface area (Å²) < 4.78 is 6.96. The molecule has 0 spiro atoms. The Balaban J connectivity index is 2.05. The summed E-state index contributed by atoms with van der Waals surface area (Å²) in [4.78, 5) is 4.45. The molecule has 20 heavy (non-hydrogen) atoms. The number of hydrogen-bond donors (Lipinski definition) is 1. The second-order valence-corrected chi connectivity index (χ2v) is 6.27. The zero-order valence-electron chi connectivity index (χ0n) is 11.1. The highest BCUT2D eigenvalue weighted by molar-refractivity contribution is 7.18. The topological polar surface area (TPSA) is 48.1 Å². The van der Waals surface area contributed by atoms with Crippen LogP contribution in [-0.2, 0) is 0 Å². The number of hydrogen-bond acceptors (Lipinski definition) is 4. The molecule has 1 aromatic heterocycles. The van der Waals surface area contributed by atoms with Crippen LogP contribution in [0.2, 0.25) is 5.02 Å². The van der Waals surface area contributed by atoms with Crippen molar-refractivity contribution in [3.63, 3.8) is 0 Å². The minimum Gasteiger partial charge on any atom is -0.455 e. The van der Waals surface area contributed by atoms with E-state index in [0.717, 1.165) is 20.8 Å². The van der Waals surface area contributed by atoms with E-state index in [-0.39, 0.29) is 0 Å². The Morgan fingerprint density at radius 1 is 1.15 bits per heavy atom. The van der Waals surface area contributed by atoms with Crippen molar-refractivity contribution in [3.05, 3.63) is 45.9 Å². The monoisotopic (exact) mass is 304 g/mol. The van der Waals surface area contributed by atoms with Gasteiger partial charge in [-0.05, 0) is 37.6 Å². The van der Waals surface area contributed by atoms with Gasteiger partial charge in [-0.3, -0.25) is 0 Å². The maximum absolute atomic E-state index is 6.05. The van der Waals surface area contributed by atoms with Crippen molar-refractivity contribution in [3.8, 4) is 11.5 Å². The second kappa shape index (κ2) is 4.96. The van der Waals surface area contributed by atoms with Gasteiger partial charge in [0.25, 0.3) is 0 Å². The van der Waals surface area contributed by atoms with Gasteiger partial charge in [0.1, 0.15) is 5.75 Å². The molecule has 0 atom stereocenters. The van der Waals surface area contributed by atoms with Crippen LogP contribution in [0.4, 0.5) is 5.69 Å². The van der Waals surface area contributed by atoms with Gasteiger partial charge in [0.2, 0.25) is 0 Å². The smallest absolute Gasteiger partial charge is 0.152 e. The summed E-state index contributed by atoms with van der Waals surface area (Å²) >= 11 is 7.62. The molecular weight excluding hydrogens is 292 g/mol. The van der Waals surface area contributed by atoms with Gasteiger partial charge in [0.05, 0.1) is 20.9 Å². The highest BCUT2D eigenvalue weighted by atomic mass is 35.5. The number of ether oxygens (including phenoxy) is 1. The lowest BCUT2D eigenvalue weighted by Crippen LogP contribution is -1.93. The summed E-state index contributed by atoms with van der Waals surface area (Å²) in [6.45, 7) is 3.94. The number of thiazole rings is 1. The van der Waals surface area contributed by atoms with Crippen molar-refractivity contribution in [1.29, 1.82) is 0 Å². The first-order valence-electron chi connectivity index (χ1n) is 6.13. The maximum Gasteiger partial charge on any atom is 0.152 e. The van der Waals surface area contributed by atoms with E-state index in [4.69, 9.17) is 22.1 Å². The number of halogens is 1. The first kappa shape index (κ1) is 13.2. The molecule has 5 heteroatoms. The van der Waals surface area contributed by atoms with Gasteiger partial charge in [0.15, 0.2) is 5.75 Å². The summed E-state index contributed by atoms with van der Waals surface area (Å²) in [6, 6.07) is 9.30. The van der Waals surface area contributed by atoms with E-state index in [2.05, 4.69) is 4.98 Å². The van der Waals surface area contributed by atoms with E-state index in [1.54, 1.807) is 17.4 Å². The lowest BCUT2D eigenvalue weighted by Gasteiger charge is -2.11. The molecule has 2 N–H and O–H groups in total. The fraction of sp³-hybridized carbons (Fsp3) is 0.133. The number of nitrogen functional groups attached to an aromatic ring is 1. The van der Waals surface area contributed by atoms with Crippen molar-refractivity contribution in [2.24, 2.45) is 0 Å². The van der Waals surface area contributed by atoms with Gasteiger partial charge in [-0.25, -0.2) is 4.98 Å². The molecule has 102 valence electrons. The highest BCUT2D eigenvalue weighted by Gasteiger charge is 2.10. The molecule has 0 amide bonds. The largest absolute Gasteiger partial charge is 0.455 e. The molecule has 0 aliphatic heterocycles. The lowest BCUT2D eigenvalue weighted by atomic mass is 10.2. The van der Waals surface area contributed by atoms with Gasteiger partial charge in [0, 0.05) is 11.1 Å². The Hall–Kier alpha value is -1.78. The van der Waals surface area contributed by atoms with Gasteiger partial charge in [-0.2, -0.15) is 0 Å². The molecule has 0 aliphatic carbocycles. The van der Waals surface area contributed by atoms with Crippen LogP contribution in [0.15, 0.2) is 30.3 Å². The molecule has 3 nitrogen and oxygen atoms in total. The summed E-state index contributed by atoms with van der Waals surface area (Å²) in [5.74, 6) is 1.31. The first-order valence-corrected chi connectivity index (χ1v) is 7.33. The van der Waals surface area contributed by atoms with Gasteiger partial charge in [-0.1, -0.05) is 17.7 Å². The van der Waals surface area contributed by atoms with Crippen LogP contribution in [0.3, 0.4) is 0 Å². The van der Waals surface area contributed by atoms with Crippen LogP contribution in [-0.4, -0.2) is 4.98 Å². The van der Waals surface area contributed by atoms with E-state index in [0.29, 0.717) is 22.2 Å². The summed E-state index contributed by atoms with van der Waals surface area (Å²) in [5.41, 5.74) is 8.55. The van der Waals surface area contributed by atoms with Crippen LogP contribution in [0.25, 0.3) is 10.2 Å². The summed E-state index contributed by atoms with van der Waals surface area (Å²) in [5, 5.41) is 1.64. The second-order valence-electron chi connectivity index (χ2n) is 4.60. The normalized spacial score (nSPS) is 10.9. The molecule has 0 fully saturated rings. The van der Waals surface area contributed by atoms with Crippen LogP contribution in [0.5, 0.6) is 11.5 Å². The summed E-state index contributed by atoms with van der Waals surface area (Å²) in [6.07, 6.45) is 0. The molecule has 0 bridgehead atoms. The zero-order valence-corrected chi connectivity index (χ0v) is 12.7. The van der Waals surface area contributed by atoms with Gasteiger partial charge < -0.3 is 10.5 Å². The lowest BCUT2D eigenvalue weighted by molar-refractivity contribution is 0.482. The molecular formula is C15H13ClN2OS. The fourth-order valence-corrected chi connectivity index (χ4v) is 3.00. The number of nitrogens with two attached hydrogens (primary N) is 1. The van der Waals surface area contributed by atoms with E-state index < -0.39 is 0 Å². The minimum atomic E-state index is 0.598. The molecule has 0 saturated heterocycles. The van der Waals surface area contributed by atoms with Crippen LogP contribution < -0.4 is 10.5 Å². The SMILES string of the molecule is Cc1nc2cc(Oc3cc(Cl)ccc3C)c(N)cc2s1. The van der Waals surface area contributed by atoms with E-state index in [9.17, 15) is 0 Å². The average Bonchev–Trinajstić information content (AvgIpc) is 2.73. The van der Waals surface area contributed by atoms with Crippen molar-refractivity contribution < 1.29 is 4.74 Å². The quantitative estimate of drug-likeness (QED) is 0.682. The Morgan fingerprint density at radius 3 is 2.75 bits per heavy atom. The van der Waals surface area contributed by atoms with E-state index in [1.807, 2.05) is 38.1 Å². The Kier molecular flexibility index (Phi) is 3.28. The number of fused-ring (bicyclic) bond motifs is 1. The molecule has 3 aromatic rings. The number of anilines is 1. The predicted molar refractivity (Wildman–Crippen MR) is 85.0 cm³/mol. The van der Waals surface area contributed by atoms with Crippen LogP contribution in [0.1, 0.15) is 10.6 Å². The van der Waals surface area contributed by atoms with Crippen molar-refractivity contribution in [2.45, 2.75) is 13.8 Å². The highest BCUT2D eigenvalue weighted by Crippen LogP contribution is 2.35. The van der Waals surface area contributed by atoms with Gasteiger partial charge in [-0.15, -0.1) is 11.3 Å². The van der Waals surface area contributed by atoms with E-state index >= 15 is 0 Å². The van der Waals surface area contributed by atoms with Crippen molar-refractivity contribution in [1.82, 2.24) is 4.98 Å². The van der Waals surface area contributed by atoms with E-state index in [1.165, 1.54) is 0 Å². The van der Waals surface area contributed by atoms with Crippen LogP contribution >= 0.6 is 22.9 Å². The van der Waals surface area contributed by atoms with Crippen molar-refractivity contribution >= 4 is 38.8 Å². The Bertz CT molecular complexity index is 798. The molecule has 1 heterocycles. The first-order chi connectivity index (χ1) is 9.52. The Labute approximate surface area is 126 Å². The minimum absolute atomic E-state index is 0.598. The fourth-order valence-electron chi connectivity index (χ4n) is 1.98. The standard InChI is InChI=1S/C15H13ClN2OS/c1-8-3-4-10(16)5-13(8)19-14-7-12-15(6-11(14)17)20-9(2)18-12/h3-7H,17H2,1-2H3. The van der Waals surface area contributed by atoms with Crippen molar-refractivity contribution in [2.75, 3.05) is 5.73 Å². The number of aryl methyl sites for hydroxylation is 2. The molecule has 2 aromatic carbocycles. The maximum atomic E-state index is 6.05. The predicted octanol–water partition coefficient (Wildman–Crippen LogP) is 4.94. The van der Waals surface area contributed by atoms with Crippen LogP contribution in [0, 0.1) is 13.8 Å². The number of nitrogens with zero attached hydrogens (tertiary/aromatic N) is 1. The molecule has 3 rings (SSSR count). The molecule has 0 unspecified atom stereocenters. The molecule has 0 saturated carbocycles. The number of rotatable bonds is 2. The third kappa shape index (κ3) is 2.44. The zero-order chi connectivity index (χ0) is 14.3. The molecule has 0 aliphatic rings. The molecule has 0 radical (unpaired) electrons.